The van der Waals surface area contributed by atoms with E-state index >= 15 is 0 Å². The molecule has 0 aliphatic heterocycles. The van der Waals surface area contributed by atoms with Gasteiger partial charge in [-0.2, -0.15) is 0 Å². The van der Waals surface area contributed by atoms with Crippen molar-refractivity contribution in [2.75, 3.05) is 0 Å². The van der Waals surface area contributed by atoms with Crippen LogP contribution in [0, 0.1) is 0 Å². The van der Waals surface area contributed by atoms with Crippen molar-refractivity contribution in [3.63, 3.8) is 0 Å². The summed E-state index contributed by atoms with van der Waals surface area (Å²) in [4.78, 5) is 0. The van der Waals surface area contributed by atoms with Crippen LogP contribution in [0.2, 0.25) is 8.55 Å². The fourth-order valence-electron chi connectivity index (χ4n) is 0.919. The van der Waals surface area contributed by atoms with E-state index in [-0.39, 0.29) is 12.4 Å². The van der Waals surface area contributed by atoms with Crippen LogP contribution in [0.25, 0.3) is 0 Å². The molecule has 0 N–H and O–H groups in total. The van der Waals surface area contributed by atoms with Gasteiger partial charge in [0.2, 0.25) is 0 Å². The Morgan fingerprint density at radius 2 is 0.900 bits per heavy atom. The molecule has 0 heterocycles. The first-order chi connectivity index (χ1) is 3.71. The second kappa shape index (κ2) is 4.00. The van der Waals surface area contributed by atoms with Crippen LogP contribution in [-0.4, -0.2) is 0 Å². The zero-order valence-electron chi connectivity index (χ0n) is 7.79. The largest absolute Gasteiger partial charge is 1.00 e. The molecule has 0 aliphatic carbocycles. The van der Waals surface area contributed by atoms with Gasteiger partial charge in [0, 0.05) is 0 Å². The van der Waals surface area contributed by atoms with E-state index in [4.69, 9.17) is 0 Å². The summed E-state index contributed by atoms with van der Waals surface area (Å²) in [5.41, 5.74) is 0. The number of hydrogen-bond donors (Lipinski definition) is 0. The topological polar surface area (TPSA) is 0 Å². The standard InChI is InChI=1S/2C4H9.ClH.Cr/c2*1-4(2)3;;/h2*1-3H3;1H;/q;;;+1/p-1. The van der Waals surface area contributed by atoms with Gasteiger partial charge in [-0.15, -0.1) is 0 Å². The Hall–Kier alpha value is 0.822. The summed E-state index contributed by atoms with van der Waals surface area (Å²) < 4.78 is 1.09. The Bertz CT molecular complexity index is 74.4. The molecule has 10 heavy (non-hydrogen) atoms. The van der Waals surface area contributed by atoms with E-state index in [0.29, 0.717) is 8.55 Å². The molecular formula is C8H18ClCr. The molecule has 63 valence electrons. The predicted octanol–water partition coefficient (Wildman–Crippen LogP) is 0.510. The van der Waals surface area contributed by atoms with Crippen LogP contribution >= 0.6 is 0 Å². The second-order valence-corrected chi connectivity index (χ2v) is 8.47. The smallest absolute Gasteiger partial charge is 1.00 e. The van der Waals surface area contributed by atoms with Crippen LogP contribution in [0.1, 0.15) is 41.5 Å². The summed E-state index contributed by atoms with van der Waals surface area (Å²) in [6, 6.07) is 0. The van der Waals surface area contributed by atoms with Gasteiger partial charge < -0.3 is 12.4 Å². The first kappa shape index (κ1) is 13.4. The van der Waals surface area contributed by atoms with Gasteiger partial charge >= 0.3 is 65.3 Å². The number of rotatable bonds is 0. The third-order valence-corrected chi connectivity index (χ3v) is 2.52. The maximum Gasteiger partial charge on any atom is -1.00 e. The molecule has 0 saturated heterocycles. The van der Waals surface area contributed by atoms with Crippen molar-refractivity contribution in [3.8, 4) is 0 Å². The minimum Gasteiger partial charge on any atom is -1.00 e. The van der Waals surface area contributed by atoms with E-state index in [2.05, 4.69) is 41.5 Å². The van der Waals surface area contributed by atoms with Crippen molar-refractivity contribution in [2.45, 2.75) is 50.1 Å². The second-order valence-electron chi connectivity index (χ2n) is 4.33. The Labute approximate surface area is 77.9 Å². The van der Waals surface area contributed by atoms with Gasteiger partial charge in [-0.25, -0.2) is 0 Å². The molecule has 0 aromatic carbocycles. The normalized spacial score (nSPS) is 12.2. The van der Waals surface area contributed by atoms with Gasteiger partial charge in [-0.3, -0.25) is 0 Å². The fraction of sp³-hybridized carbons (Fsp3) is 1.00. The average Bonchev–Trinajstić information content (AvgIpc) is 1.14. The van der Waals surface area contributed by atoms with E-state index in [0.717, 1.165) is 15.2 Å². The Kier molecular flexibility index (Phi) is 5.37. The zero-order valence-corrected chi connectivity index (χ0v) is 9.82. The van der Waals surface area contributed by atoms with Crippen molar-refractivity contribution in [1.82, 2.24) is 0 Å². The molecule has 0 spiro atoms. The molecule has 0 bridgehead atoms. The molecule has 0 rings (SSSR count). The summed E-state index contributed by atoms with van der Waals surface area (Å²) >= 11 is 0.750. The van der Waals surface area contributed by atoms with E-state index in [9.17, 15) is 0 Å². The monoisotopic (exact) mass is 201 g/mol. The maximum atomic E-state index is 2.32. The van der Waals surface area contributed by atoms with E-state index < -0.39 is 0 Å². The Balaban J connectivity index is 0. The summed E-state index contributed by atoms with van der Waals surface area (Å²) in [5, 5.41) is 0. The fourth-order valence-corrected chi connectivity index (χ4v) is 3.79. The third-order valence-electron chi connectivity index (χ3n) is 0.612. The molecule has 2 heteroatoms. The van der Waals surface area contributed by atoms with Gasteiger partial charge in [0.15, 0.2) is 0 Å². The van der Waals surface area contributed by atoms with Gasteiger partial charge in [-0.05, 0) is 0 Å². The van der Waals surface area contributed by atoms with Crippen LogP contribution in [0.15, 0.2) is 0 Å². The predicted molar refractivity (Wildman–Crippen MR) is 39.4 cm³/mol. The van der Waals surface area contributed by atoms with Crippen molar-refractivity contribution < 1.29 is 27.6 Å². The SMILES string of the molecule is C[C](C)(C)[Cr+][C](C)(C)C.[Cl-]. The zero-order chi connectivity index (χ0) is 7.71. The number of hydrogen-bond acceptors (Lipinski definition) is 0. The van der Waals surface area contributed by atoms with Gasteiger partial charge in [0.25, 0.3) is 0 Å². The van der Waals surface area contributed by atoms with Gasteiger partial charge in [-0.1, -0.05) is 0 Å². The van der Waals surface area contributed by atoms with Crippen molar-refractivity contribution in [1.29, 1.82) is 0 Å². The Morgan fingerprint density at radius 3 is 0.900 bits per heavy atom. The molecule has 0 aromatic rings. The molecular weight excluding hydrogens is 184 g/mol. The molecule has 0 saturated carbocycles. The number of halogens is 1. The molecule has 0 aromatic heterocycles. The minimum atomic E-state index is 0. The maximum absolute atomic E-state index is 2.32. The molecule has 0 fully saturated rings. The Morgan fingerprint density at radius 1 is 0.700 bits per heavy atom. The summed E-state index contributed by atoms with van der Waals surface area (Å²) in [6.45, 7) is 13.9. The van der Waals surface area contributed by atoms with Crippen molar-refractivity contribution >= 4 is 0 Å². The van der Waals surface area contributed by atoms with E-state index in [1.807, 2.05) is 0 Å². The first-order valence-corrected chi connectivity index (χ1v) is 4.68. The van der Waals surface area contributed by atoms with Gasteiger partial charge in [0.1, 0.15) is 0 Å². The summed E-state index contributed by atoms with van der Waals surface area (Å²) in [6.07, 6.45) is 0. The van der Waals surface area contributed by atoms with E-state index in [1.54, 1.807) is 0 Å². The van der Waals surface area contributed by atoms with E-state index in [1.165, 1.54) is 0 Å². The molecule has 0 aliphatic rings. The van der Waals surface area contributed by atoms with Crippen molar-refractivity contribution in [3.05, 3.63) is 0 Å². The van der Waals surface area contributed by atoms with Crippen LogP contribution in [-0.2, 0) is 15.2 Å². The van der Waals surface area contributed by atoms with Crippen LogP contribution in [0.5, 0.6) is 0 Å². The average molecular weight is 202 g/mol. The molecule has 0 atom stereocenters. The van der Waals surface area contributed by atoms with Crippen LogP contribution in [0.4, 0.5) is 0 Å². The summed E-state index contributed by atoms with van der Waals surface area (Å²) in [5.74, 6) is 0. The quantitative estimate of drug-likeness (QED) is 0.536. The molecule has 0 radical (unpaired) electrons. The summed E-state index contributed by atoms with van der Waals surface area (Å²) in [7, 11) is 0. The first-order valence-electron chi connectivity index (χ1n) is 3.41. The van der Waals surface area contributed by atoms with Crippen LogP contribution < -0.4 is 12.4 Å². The minimum absolute atomic E-state index is 0. The van der Waals surface area contributed by atoms with Crippen molar-refractivity contribution in [2.24, 2.45) is 0 Å². The third kappa shape index (κ3) is 11.6. The van der Waals surface area contributed by atoms with Crippen LogP contribution in [0.3, 0.4) is 0 Å². The molecule has 0 amide bonds. The van der Waals surface area contributed by atoms with Gasteiger partial charge in [0.05, 0.1) is 0 Å². The molecule has 0 nitrogen and oxygen atoms in total. The molecule has 0 unspecified atom stereocenters.